The zero-order chi connectivity index (χ0) is 11.7. The van der Waals surface area contributed by atoms with Crippen molar-refractivity contribution in [3.8, 4) is 0 Å². The molecule has 1 atom stereocenters. The fourth-order valence-corrected chi connectivity index (χ4v) is 3.39. The lowest BCUT2D eigenvalue weighted by Gasteiger charge is -2.35. The van der Waals surface area contributed by atoms with E-state index in [-0.39, 0.29) is 0 Å². The summed E-state index contributed by atoms with van der Waals surface area (Å²) in [5.74, 6) is 1.35. The Hall–Kier alpha value is -0.830. The summed E-state index contributed by atoms with van der Waals surface area (Å²) in [7, 11) is 0. The second-order valence-corrected chi connectivity index (χ2v) is 5.36. The molecule has 0 N–H and O–H groups in total. The van der Waals surface area contributed by atoms with Crippen LogP contribution in [-0.2, 0) is 13.0 Å². The van der Waals surface area contributed by atoms with Crippen LogP contribution in [0.15, 0.2) is 6.20 Å². The van der Waals surface area contributed by atoms with E-state index in [2.05, 4.69) is 22.6 Å². The molecule has 1 unspecified atom stereocenters. The summed E-state index contributed by atoms with van der Waals surface area (Å²) in [6.45, 7) is 5.88. The topological polar surface area (TPSA) is 21.1 Å². The summed E-state index contributed by atoms with van der Waals surface area (Å²) >= 11 is 0. The molecule has 1 fully saturated rings. The second kappa shape index (κ2) is 4.81. The SMILES string of the molecule is CCN1CCCCC1c1ncc2n1CCCC2. The van der Waals surface area contributed by atoms with Crippen LogP contribution in [0.2, 0.25) is 0 Å². The molecule has 2 aliphatic rings. The third kappa shape index (κ3) is 2.01. The van der Waals surface area contributed by atoms with Crippen molar-refractivity contribution in [1.29, 1.82) is 0 Å². The molecule has 17 heavy (non-hydrogen) atoms. The highest BCUT2D eigenvalue weighted by atomic mass is 15.2. The molecule has 0 bridgehead atoms. The first-order chi connectivity index (χ1) is 8.40. The largest absolute Gasteiger partial charge is 0.331 e. The number of imidazole rings is 1. The van der Waals surface area contributed by atoms with Gasteiger partial charge in [-0.25, -0.2) is 4.98 Å². The van der Waals surface area contributed by atoms with Gasteiger partial charge in [-0.05, 0) is 45.2 Å². The standard InChI is InChI=1S/C14H23N3/c1-2-16-9-5-4-8-13(16)14-15-11-12-7-3-6-10-17(12)14/h11,13H,2-10H2,1H3. The van der Waals surface area contributed by atoms with E-state index in [1.807, 2.05) is 0 Å². The molecule has 3 nitrogen and oxygen atoms in total. The van der Waals surface area contributed by atoms with Crippen molar-refractivity contribution in [3.05, 3.63) is 17.7 Å². The van der Waals surface area contributed by atoms with Crippen molar-refractivity contribution in [2.75, 3.05) is 13.1 Å². The Kier molecular flexibility index (Phi) is 3.19. The van der Waals surface area contributed by atoms with Crippen LogP contribution in [0, 0.1) is 0 Å². The van der Waals surface area contributed by atoms with E-state index < -0.39 is 0 Å². The molecule has 0 radical (unpaired) electrons. The third-order valence-corrected chi connectivity index (χ3v) is 4.35. The molecule has 1 saturated heterocycles. The molecule has 0 aliphatic carbocycles. The number of hydrogen-bond acceptors (Lipinski definition) is 2. The van der Waals surface area contributed by atoms with Gasteiger partial charge in [0.1, 0.15) is 5.82 Å². The van der Waals surface area contributed by atoms with Crippen molar-refractivity contribution in [1.82, 2.24) is 14.5 Å². The van der Waals surface area contributed by atoms with Gasteiger partial charge >= 0.3 is 0 Å². The van der Waals surface area contributed by atoms with Crippen LogP contribution in [0.1, 0.15) is 56.6 Å². The Morgan fingerprint density at radius 2 is 2.12 bits per heavy atom. The predicted molar refractivity (Wildman–Crippen MR) is 69.0 cm³/mol. The van der Waals surface area contributed by atoms with Gasteiger partial charge in [0.15, 0.2) is 0 Å². The van der Waals surface area contributed by atoms with Gasteiger partial charge in [0.05, 0.1) is 6.04 Å². The maximum absolute atomic E-state index is 4.74. The summed E-state index contributed by atoms with van der Waals surface area (Å²) in [4.78, 5) is 7.35. The van der Waals surface area contributed by atoms with Gasteiger partial charge in [0.2, 0.25) is 0 Å². The minimum Gasteiger partial charge on any atom is -0.331 e. The van der Waals surface area contributed by atoms with Crippen LogP contribution >= 0.6 is 0 Å². The van der Waals surface area contributed by atoms with Gasteiger partial charge in [-0.15, -0.1) is 0 Å². The number of hydrogen-bond donors (Lipinski definition) is 0. The van der Waals surface area contributed by atoms with Gasteiger partial charge in [-0.1, -0.05) is 13.3 Å². The van der Waals surface area contributed by atoms with Crippen molar-refractivity contribution in [2.24, 2.45) is 0 Å². The monoisotopic (exact) mass is 233 g/mol. The molecule has 0 saturated carbocycles. The highest BCUT2D eigenvalue weighted by molar-refractivity contribution is 5.11. The Balaban J connectivity index is 1.89. The summed E-state index contributed by atoms with van der Waals surface area (Å²) < 4.78 is 2.50. The number of rotatable bonds is 2. The number of aromatic nitrogens is 2. The first kappa shape index (κ1) is 11.3. The highest BCUT2D eigenvalue weighted by Gasteiger charge is 2.27. The Labute approximate surface area is 104 Å². The molecule has 0 amide bonds. The average Bonchev–Trinajstić information content (AvgIpc) is 2.82. The fourth-order valence-electron chi connectivity index (χ4n) is 3.39. The first-order valence-electron chi connectivity index (χ1n) is 7.18. The van der Waals surface area contributed by atoms with Crippen LogP contribution in [0.25, 0.3) is 0 Å². The second-order valence-electron chi connectivity index (χ2n) is 5.36. The summed E-state index contributed by atoms with van der Waals surface area (Å²) in [5.41, 5.74) is 1.47. The maximum atomic E-state index is 4.74. The minimum atomic E-state index is 0.584. The van der Waals surface area contributed by atoms with Crippen LogP contribution < -0.4 is 0 Å². The van der Waals surface area contributed by atoms with Crippen LogP contribution in [0.4, 0.5) is 0 Å². The minimum absolute atomic E-state index is 0.584. The van der Waals surface area contributed by atoms with Gasteiger partial charge in [0.25, 0.3) is 0 Å². The predicted octanol–water partition coefficient (Wildman–Crippen LogP) is 2.77. The molecule has 0 aromatic carbocycles. The summed E-state index contributed by atoms with van der Waals surface area (Å²) in [6.07, 6.45) is 10.0. The molecule has 3 rings (SSSR count). The van der Waals surface area contributed by atoms with E-state index in [1.54, 1.807) is 0 Å². The zero-order valence-corrected chi connectivity index (χ0v) is 10.9. The van der Waals surface area contributed by atoms with E-state index >= 15 is 0 Å². The molecule has 0 spiro atoms. The molecule has 3 heterocycles. The van der Waals surface area contributed by atoms with Crippen LogP contribution in [0.5, 0.6) is 0 Å². The zero-order valence-electron chi connectivity index (χ0n) is 10.9. The van der Waals surface area contributed by atoms with E-state index in [4.69, 9.17) is 4.98 Å². The molecule has 2 aliphatic heterocycles. The van der Waals surface area contributed by atoms with Gasteiger partial charge in [-0.2, -0.15) is 0 Å². The van der Waals surface area contributed by atoms with Crippen molar-refractivity contribution in [2.45, 2.75) is 58.0 Å². The first-order valence-corrected chi connectivity index (χ1v) is 7.18. The van der Waals surface area contributed by atoms with E-state index in [0.717, 1.165) is 6.54 Å². The number of aryl methyl sites for hydroxylation is 1. The molecule has 3 heteroatoms. The quantitative estimate of drug-likeness (QED) is 0.783. The Morgan fingerprint density at radius 1 is 1.24 bits per heavy atom. The van der Waals surface area contributed by atoms with Gasteiger partial charge < -0.3 is 4.57 Å². The fraction of sp³-hybridized carbons (Fsp3) is 0.786. The van der Waals surface area contributed by atoms with Crippen molar-refractivity contribution in [3.63, 3.8) is 0 Å². The third-order valence-electron chi connectivity index (χ3n) is 4.35. The van der Waals surface area contributed by atoms with Crippen molar-refractivity contribution >= 4 is 0 Å². The van der Waals surface area contributed by atoms with E-state index in [0.29, 0.717) is 6.04 Å². The van der Waals surface area contributed by atoms with Crippen LogP contribution in [0.3, 0.4) is 0 Å². The molecule has 1 aromatic heterocycles. The molecular formula is C14H23N3. The molecule has 94 valence electrons. The smallest absolute Gasteiger partial charge is 0.126 e. The maximum Gasteiger partial charge on any atom is 0.126 e. The lowest BCUT2D eigenvalue weighted by atomic mass is 10.0. The van der Waals surface area contributed by atoms with Crippen molar-refractivity contribution < 1.29 is 0 Å². The highest BCUT2D eigenvalue weighted by Crippen LogP contribution is 2.31. The normalized spacial score (nSPS) is 25.8. The Bertz CT molecular complexity index is 383. The number of piperidine rings is 1. The number of likely N-dealkylation sites (tertiary alicyclic amines) is 1. The van der Waals surface area contributed by atoms with E-state index in [1.165, 1.54) is 63.1 Å². The molecular weight excluding hydrogens is 210 g/mol. The number of nitrogens with zero attached hydrogens (tertiary/aromatic N) is 3. The Morgan fingerprint density at radius 3 is 3.00 bits per heavy atom. The lowest BCUT2D eigenvalue weighted by molar-refractivity contribution is 0.146. The average molecular weight is 233 g/mol. The number of fused-ring (bicyclic) bond motifs is 1. The summed E-state index contributed by atoms with van der Waals surface area (Å²) in [6, 6.07) is 0.584. The molecule has 1 aromatic rings. The van der Waals surface area contributed by atoms with Crippen LogP contribution in [-0.4, -0.2) is 27.5 Å². The summed E-state index contributed by atoms with van der Waals surface area (Å²) in [5, 5.41) is 0. The van der Waals surface area contributed by atoms with E-state index in [9.17, 15) is 0 Å². The lowest BCUT2D eigenvalue weighted by Crippen LogP contribution is -2.35. The van der Waals surface area contributed by atoms with Gasteiger partial charge in [0, 0.05) is 18.4 Å². The van der Waals surface area contributed by atoms with Gasteiger partial charge in [-0.3, -0.25) is 4.90 Å².